The third-order valence-corrected chi connectivity index (χ3v) is 3.99. The fourth-order valence-corrected chi connectivity index (χ4v) is 2.76. The lowest BCUT2D eigenvalue weighted by molar-refractivity contribution is -0.142. The van der Waals surface area contributed by atoms with Gasteiger partial charge >= 0.3 is 6.18 Å². The average molecular weight is 333 g/mol. The highest BCUT2D eigenvalue weighted by atomic mass is 19.4. The summed E-state index contributed by atoms with van der Waals surface area (Å²) in [4.78, 5) is 13.6. The van der Waals surface area contributed by atoms with Gasteiger partial charge in [0.1, 0.15) is 6.61 Å². The SMILES string of the molecule is O=C(COCC1CCCO1)N1CCn2nc(C(F)(F)F)cc2C1. The van der Waals surface area contributed by atoms with E-state index in [0.29, 0.717) is 18.8 Å². The van der Waals surface area contributed by atoms with Gasteiger partial charge in [0.05, 0.1) is 31.5 Å². The largest absolute Gasteiger partial charge is 0.435 e. The van der Waals surface area contributed by atoms with Crippen LogP contribution in [0.15, 0.2) is 6.07 Å². The van der Waals surface area contributed by atoms with Crippen molar-refractivity contribution < 1.29 is 27.4 Å². The van der Waals surface area contributed by atoms with E-state index >= 15 is 0 Å². The van der Waals surface area contributed by atoms with Crippen LogP contribution in [-0.2, 0) is 33.5 Å². The molecule has 0 saturated carbocycles. The molecule has 23 heavy (non-hydrogen) atoms. The first kappa shape index (κ1) is 16.3. The molecule has 3 heterocycles. The molecule has 1 amide bonds. The normalized spacial score (nSPS) is 21.5. The molecule has 3 rings (SSSR count). The lowest BCUT2D eigenvalue weighted by Gasteiger charge is -2.27. The maximum Gasteiger partial charge on any atom is 0.435 e. The highest BCUT2D eigenvalue weighted by Gasteiger charge is 2.36. The maximum absolute atomic E-state index is 12.7. The Balaban J connectivity index is 1.52. The zero-order valence-corrected chi connectivity index (χ0v) is 12.5. The number of aromatic nitrogens is 2. The van der Waals surface area contributed by atoms with E-state index in [4.69, 9.17) is 9.47 Å². The molecule has 1 unspecified atom stereocenters. The average Bonchev–Trinajstić information content (AvgIpc) is 3.14. The molecule has 1 fully saturated rings. The predicted octanol–water partition coefficient (Wildman–Crippen LogP) is 1.44. The Morgan fingerprint density at radius 1 is 1.43 bits per heavy atom. The number of carbonyl (C=O) groups excluding carboxylic acids is 1. The van der Waals surface area contributed by atoms with Crippen molar-refractivity contribution in [2.75, 3.05) is 26.4 Å². The van der Waals surface area contributed by atoms with Crippen LogP contribution in [0.1, 0.15) is 24.2 Å². The zero-order valence-electron chi connectivity index (χ0n) is 12.5. The monoisotopic (exact) mass is 333 g/mol. The van der Waals surface area contributed by atoms with Crippen LogP contribution in [0.4, 0.5) is 13.2 Å². The van der Waals surface area contributed by atoms with Crippen LogP contribution in [0.25, 0.3) is 0 Å². The van der Waals surface area contributed by atoms with Gasteiger partial charge in [0, 0.05) is 13.2 Å². The standard InChI is InChI=1S/C14H18F3N3O3/c15-14(16,17)12-6-10-7-19(3-4-20(10)18-12)13(21)9-22-8-11-2-1-5-23-11/h6,11H,1-5,7-9H2. The summed E-state index contributed by atoms with van der Waals surface area (Å²) in [7, 11) is 0. The molecule has 0 aromatic carbocycles. The first-order valence-corrected chi connectivity index (χ1v) is 7.54. The third kappa shape index (κ3) is 3.84. The Kier molecular flexibility index (Phi) is 4.58. The van der Waals surface area contributed by atoms with Gasteiger partial charge in [-0.2, -0.15) is 18.3 Å². The van der Waals surface area contributed by atoms with Gasteiger partial charge in [0.15, 0.2) is 5.69 Å². The van der Waals surface area contributed by atoms with Crippen LogP contribution >= 0.6 is 0 Å². The van der Waals surface area contributed by atoms with Crippen molar-refractivity contribution in [2.45, 2.75) is 38.2 Å². The molecular formula is C14H18F3N3O3. The third-order valence-electron chi connectivity index (χ3n) is 3.99. The molecular weight excluding hydrogens is 315 g/mol. The van der Waals surface area contributed by atoms with Gasteiger partial charge in [-0.3, -0.25) is 9.48 Å². The topological polar surface area (TPSA) is 56.6 Å². The number of nitrogens with zero attached hydrogens (tertiary/aromatic N) is 3. The van der Waals surface area contributed by atoms with Crippen molar-refractivity contribution >= 4 is 5.91 Å². The fraction of sp³-hybridized carbons (Fsp3) is 0.714. The first-order chi connectivity index (χ1) is 10.9. The maximum atomic E-state index is 12.7. The summed E-state index contributed by atoms with van der Waals surface area (Å²) >= 11 is 0. The Labute approximate surface area is 131 Å². The van der Waals surface area contributed by atoms with Crippen molar-refractivity contribution in [3.63, 3.8) is 0 Å². The molecule has 6 nitrogen and oxygen atoms in total. The Bertz CT molecular complexity index is 567. The van der Waals surface area contributed by atoms with E-state index in [1.807, 2.05) is 0 Å². The minimum Gasteiger partial charge on any atom is -0.376 e. The molecule has 128 valence electrons. The van der Waals surface area contributed by atoms with Crippen molar-refractivity contribution in [3.05, 3.63) is 17.5 Å². The minimum atomic E-state index is -4.47. The predicted molar refractivity (Wildman–Crippen MR) is 72.4 cm³/mol. The Morgan fingerprint density at radius 2 is 2.26 bits per heavy atom. The second-order valence-electron chi connectivity index (χ2n) is 5.71. The van der Waals surface area contributed by atoms with Gasteiger partial charge in [-0.1, -0.05) is 0 Å². The van der Waals surface area contributed by atoms with Crippen molar-refractivity contribution in [1.82, 2.24) is 14.7 Å². The van der Waals surface area contributed by atoms with Crippen LogP contribution in [-0.4, -0.2) is 53.1 Å². The van der Waals surface area contributed by atoms with Crippen molar-refractivity contribution in [1.29, 1.82) is 0 Å². The van der Waals surface area contributed by atoms with Gasteiger partial charge in [-0.05, 0) is 18.9 Å². The number of fused-ring (bicyclic) bond motifs is 1. The number of carbonyl (C=O) groups is 1. The molecule has 1 atom stereocenters. The molecule has 0 aliphatic carbocycles. The second kappa shape index (κ2) is 6.48. The van der Waals surface area contributed by atoms with Crippen LogP contribution in [0, 0.1) is 0 Å². The number of halogens is 3. The van der Waals surface area contributed by atoms with Crippen LogP contribution in [0.5, 0.6) is 0 Å². The number of ether oxygens (including phenoxy) is 2. The van der Waals surface area contributed by atoms with Gasteiger partial charge in [0.2, 0.25) is 5.91 Å². The Morgan fingerprint density at radius 3 is 2.96 bits per heavy atom. The van der Waals surface area contributed by atoms with Crippen LogP contribution in [0.3, 0.4) is 0 Å². The molecule has 0 spiro atoms. The first-order valence-electron chi connectivity index (χ1n) is 7.54. The summed E-state index contributed by atoms with van der Waals surface area (Å²) in [6.45, 7) is 1.71. The number of hydrogen-bond donors (Lipinski definition) is 0. The molecule has 0 bridgehead atoms. The minimum absolute atomic E-state index is 0.0416. The number of amides is 1. The molecule has 2 aliphatic heterocycles. The summed E-state index contributed by atoms with van der Waals surface area (Å²) in [6, 6.07) is 0.993. The summed E-state index contributed by atoms with van der Waals surface area (Å²) < 4.78 is 50.0. The quantitative estimate of drug-likeness (QED) is 0.837. The van der Waals surface area contributed by atoms with E-state index in [2.05, 4.69) is 5.10 Å². The Hall–Kier alpha value is -1.61. The smallest absolute Gasteiger partial charge is 0.376 e. The van der Waals surface area contributed by atoms with Gasteiger partial charge in [-0.25, -0.2) is 0 Å². The van der Waals surface area contributed by atoms with Crippen molar-refractivity contribution in [3.8, 4) is 0 Å². The molecule has 0 N–H and O–H groups in total. The molecule has 1 saturated heterocycles. The number of rotatable bonds is 4. The number of alkyl halides is 3. The summed E-state index contributed by atoms with van der Waals surface area (Å²) in [5, 5.41) is 3.54. The van der Waals surface area contributed by atoms with Gasteiger partial charge in [-0.15, -0.1) is 0 Å². The van der Waals surface area contributed by atoms with Crippen LogP contribution < -0.4 is 0 Å². The van der Waals surface area contributed by atoms with E-state index in [1.54, 1.807) is 0 Å². The lowest BCUT2D eigenvalue weighted by atomic mass is 10.2. The van der Waals surface area contributed by atoms with E-state index in [1.165, 1.54) is 9.58 Å². The summed E-state index contributed by atoms with van der Waals surface area (Å²) in [5.74, 6) is -0.232. The zero-order chi connectivity index (χ0) is 16.4. The fourth-order valence-electron chi connectivity index (χ4n) is 2.76. The second-order valence-corrected chi connectivity index (χ2v) is 5.71. The van der Waals surface area contributed by atoms with Gasteiger partial charge < -0.3 is 14.4 Å². The molecule has 0 radical (unpaired) electrons. The van der Waals surface area contributed by atoms with E-state index in [-0.39, 0.29) is 31.7 Å². The highest BCUT2D eigenvalue weighted by Crippen LogP contribution is 2.29. The van der Waals surface area contributed by atoms with E-state index < -0.39 is 11.9 Å². The molecule has 1 aromatic heterocycles. The van der Waals surface area contributed by atoms with E-state index in [9.17, 15) is 18.0 Å². The van der Waals surface area contributed by atoms with Crippen molar-refractivity contribution in [2.24, 2.45) is 0 Å². The van der Waals surface area contributed by atoms with E-state index in [0.717, 1.165) is 25.5 Å². The molecule has 9 heteroatoms. The van der Waals surface area contributed by atoms with Gasteiger partial charge in [0.25, 0.3) is 0 Å². The number of hydrogen-bond acceptors (Lipinski definition) is 4. The molecule has 1 aromatic rings. The lowest BCUT2D eigenvalue weighted by Crippen LogP contribution is -2.40. The summed E-state index contributed by atoms with van der Waals surface area (Å²) in [5.41, 5.74) is -0.535. The molecule has 2 aliphatic rings. The highest BCUT2D eigenvalue weighted by molar-refractivity contribution is 5.77. The van der Waals surface area contributed by atoms with Crippen LogP contribution in [0.2, 0.25) is 0 Å². The summed E-state index contributed by atoms with van der Waals surface area (Å²) in [6.07, 6.45) is -2.50.